The van der Waals surface area contributed by atoms with Crippen molar-refractivity contribution < 1.29 is 4.74 Å². The van der Waals surface area contributed by atoms with Crippen molar-refractivity contribution in [2.75, 3.05) is 59.0 Å². The molecule has 0 spiro atoms. The Morgan fingerprint density at radius 3 is 2.26 bits per heavy atom. The molecule has 0 aromatic heterocycles. The normalized spacial score (nSPS) is 34.1. The molecule has 0 aromatic carbocycles. The molecule has 0 radical (unpaired) electrons. The fourth-order valence-corrected chi connectivity index (χ4v) is 5.15. The van der Waals surface area contributed by atoms with Crippen LogP contribution in [-0.4, -0.2) is 104 Å². The van der Waals surface area contributed by atoms with Crippen molar-refractivity contribution in [3.8, 4) is 0 Å². The van der Waals surface area contributed by atoms with Crippen molar-refractivity contribution in [3.63, 3.8) is 0 Å². The molecule has 2 saturated heterocycles. The van der Waals surface area contributed by atoms with Gasteiger partial charge in [0.25, 0.3) is 0 Å². The van der Waals surface area contributed by atoms with Gasteiger partial charge < -0.3 is 9.64 Å². The number of nitrogens with zero attached hydrogens (tertiary/aromatic N) is 5. The van der Waals surface area contributed by atoms with Crippen LogP contribution in [0, 0.1) is 5.92 Å². The van der Waals surface area contributed by atoms with Gasteiger partial charge in [-0.15, -0.1) is 0 Å². The number of amidine groups is 1. The van der Waals surface area contributed by atoms with Gasteiger partial charge in [0.15, 0.2) is 0 Å². The first-order valence-corrected chi connectivity index (χ1v) is 11.1. The van der Waals surface area contributed by atoms with Crippen LogP contribution >= 0.6 is 0 Å². The molecule has 1 aliphatic carbocycles. The zero-order valence-corrected chi connectivity index (χ0v) is 17.2. The first-order chi connectivity index (χ1) is 13.2. The third-order valence-corrected chi connectivity index (χ3v) is 7.04. The van der Waals surface area contributed by atoms with E-state index in [1.807, 2.05) is 0 Å². The van der Waals surface area contributed by atoms with Gasteiger partial charge in [-0.3, -0.25) is 19.8 Å². The molecule has 0 aromatic rings. The first kappa shape index (κ1) is 19.3. The third-order valence-electron chi connectivity index (χ3n) is 7.04. The van der Waals surface area contributed by atoms with Gasteiger partial charge in [0.2, 0.25) is 0 Å². The summed E-state index contributed by atoms with van der Waals surface area (Å²) in [7, 11) is 0. The second-order valence-corrected chi connectivity index (χ2v) is 8.88. The van der Waals surface area contributed by atoms with E-state index in [2.05, 4.69) is 34.8 Å². The van der Waals surface area contributed by atoms with Crippen molar-refractivity contribution in [1.82, 2.24) is 14.7 Å². The Morgan fingerprint density at radius 2 is 1.67 bits per heavy atom. The number of rotatable bonds is 3. The van der Waals surface area contributed by atoms with Crippen LogP contribution in [0.5, 0.6) is 0 Å². The van der Waals surface area contributed by atoms with Crippen molar-refractivity contribution in [2.45, 2.75) is 57.7 Å². The van der Waals surface area contributed by atoms with Gasteiger partial charge in [0, 0.05) is 51.4 Å². The molecule has 4 aliphatic rings. The third kappa shape index (κ3) is 4.72. The summed E-state index contributed by atoms with van der Waals surface area (Å²) in [4.78, 5) is 17.5. The minimum Gasteiger partial charge on any atom is -0.379 e. The lowest BCUT2D eigenvalue weighted by atomic mass is 9.81. The Kier molecular flexibility index (Phi) is 6.46. The molecule has 0 bridgehead atoms. The monoisotopic (exact) mass is 375 g/mol. The summed E-state index contributed by atoms with van der Waals surface area (Å²) in [6.45, 7) is 14.0. The number of piperazine rings is 1. The van der Waals surface area contributed by atoms with Crippen LogP contribution in [0.4, 0.5) is 0 Å². The highest BCUT2D eigenvalue weighted by Crippen LogP contribution is 2.32. The quantitative estimate of drug-likeness (QED) is 0.754. The fraction of sp³-hybridized carbons (Fsp3) is 0.905. The molecule has 3 aliphatic heterocycles. The number of morpholine rings is 1. The van der Waals surface area contributed by atoms with Gasteiger partial charge >= 0.3 is 0 Å². The largest absolute Gasteiger partial charge is 0.379 e. The molecule has 3 fully saturated rings. The van der Waals surface area contributed by atoms with Crippen molar-refractivity contribution in [2.24, 2.45) is 15.9 Å². The maximum Gasteiger partial charge on any atom is 0.142 e. The molecular formula is C21H37N5O. The molecule has 0 amide bonds. The number of aliphatic imine (C=N–C) groups is 2. The second kappa shape index (κ2) is 9.01. The molecule has 6 heteroatoms. The van der Waals surface area contributed by atoms with E-state index in [1.54, 1.807) is 0 Å². The zero-order chi connectivity index (χ0) is 18.6. The molecule has 6 nitrogen and oxygen atoms in total. The van der Waals surface area contributed by atoms with E-state index in [9.17, 15) is 0 Å². The van der Waals surface area contributed by atoms with Crippen LogP contribution in [0.2, 0.25) is 0 Å². The Hall–Kier alpha value is -0.980. The minimum atomic E-state index is 0.413. The molecule has 0 N–H and O–H groups in total. The lowest BCUT2D eigenvalue weighted by molar-refractivity contribution is 0.00410. The number of hydrogen-bond acceptors (Lipinski definition) is 6. The maximum atomic E-state index is 5.50. The van der Waals surface area contributed by atoms with Crippen LogP contribution in [0.15, 0.2) is 9.98 Å². The smallest absolute Gasteiger partial charge is 0.142 e. The highest BCUT2D eigenvalue weighted by molar-refractivity contribution is 6.29. The summed E-state index contributed by atoms with van der Waals surface area (Å²) in [6, 6.07) is 1.83. The van der Waals surface area contributed by atoms with E-state index < -0.39 is 0 Å². The Labute approximate surface area is 164 Å². The lowest BCUT2D eigenvalue weighted by Crippen LogP contribution is -2.51. The predicted molar refractivity (Wildman–Crippen MR) is 111 cm³/mol. The standard InChI is InChI=1S/C21H37N5O/c1-17(2)24-7-9-26(10-8-24)21-16-22-20(15-23-21)18-3-5-19(6-4-18)25-11-13-27-14-12-25/h16-20H,3-15H2,1-2H3. The van der Waals surface area contributed by atoms with Gasteiger partial charge in [0.1, 0.15) is 5.84 Å². The van der Waals surface area contributed by atoms with Gasteiger partial charge in [-0.25, -0.2) is 0 Å². The molecule has 1 saturated carbocycles. The molecule has 4 rings (SSSR count). The van der Waals surface area contributed by atoms with E-state index in [0.29, 0.717) is 12.1 Å². The van der Waals surface area contributed by atoms with Crippen molar-refractivity contribution in [1.29, 1.82) is 0 Å². The molecule has 27 heavy (non-hydrogen) atoms. The summed E-state index contributed by atoms with van der Waals surface area (Å²) >= 11 is 0. The van der Waals surface area contributed by atoms with Crippen LogP contribution in [0.1, 0.15) is 39.5 Å². The molecule has 1 atom stereocenters. The number of hydrogen-bond donors (Lipinski definition) is 0. The van der Waals surface area contributed by atoms with Gasteiger partial charge in [0.05, 0.1) is 32.0 Å². The predicted octanol–water partition coefficient (Wildman–Crippen LogP) is 1.75. The topological polar surface area (TPSA) is 43.7 Å². The molecule has 1 unspecified atom stereocenters. The van der Waals surface area contributed by atoms with Gasteiger partial charge in [-0.1, -0.05) is 0 Å². The average molecular weight is 376 g/mol. The maximum absolute atomic E-state index is 5.50. The summed E-state index contributed by atoms with van der Waals surface area (Å²) in [5.41, 5.74) is 0. The molecule has 3 heterocycles. The molecular weight excluding hydrogens is 338 g/mol. The Morgan fingerprint density at radius 1 is 0.963 bits per heavy atom. The van der Waals surface area contributed by atoms with E-state index in [0.717, 1.165) is 76.8 Å². The fourth-order valence-electron chi connectivity index (χ4n) is 5.15. The summed E-state index contributed by atoms with van der Waals surface area (Å²) < 4.78 is 5.50. The highest BCUT2D eigenvalue weighted by atomic mass is 16.5. The lowest BCUT2D eigenvalue weighted by Gasteiger charge is -2.40. The van der Waals surface area contributed by atoms with Gasteiger partial charge in [-0.2, -0.15) is 0 Å². The van der Waals surface area contributed by atoms with Gasteiger partial charge in [-0.05, 0) is 45.4 Å². The Balaban J connectivity index is 1.22. The minimum absolute atomic E-state index is 0.413. The SMILES string of the molecule is CC(C)N1CCN(C2=NCC(C3CCC(N4CCOCC4)CC3)N=C2)CC1. The van der Waals surface area contributed by atoms with Crippen molar-refractivity contribution in [3.05, 3.63) is 0 Å². The summed E-state index contributed by atoms with van der Waals surface area (Å²) in [6.07, 6.45) is 7.34. The van der Waals surface area contributed by atoms with Crippen LogP contribution < -0.4 is 0 Å². The second-order valence-electron chi connectivity index (χ2n) is 8.88. The van der Waals surface area contributed by atoms with Crippen LogP contribution in [-0.2, 0) is 4.74 Å². The number of ether oxygens (including phenoxy) is 1. The zero-order valence-electron chi connectivity index (χ0n) is 17.2. The highest BCUT2D eigenvalue weighted by Gasteiger charge is 2.32. The molecule has 152 valence electrons. The van der Waals surface area contributed by atoms with Crippen LogP contribution in [0.25, 0.3) is 0 Å². The average Bonchev–Trinajstić information content (AvgIpc) is 2.75. The van der Waals surface area contributed by atoms with E-state index in [-0.39, 0.29) is 0 Å². The van der Waals surface area contributed by atoms with E-state index in [4.69, 9.17) is 14.7 Å². The first-order valence-electron chi connectivity index (χ1n) is 11.1. The summed E-state index contributed by atoms with van der Waals surface area (Å²) in [5, 5.41) is 0. The van der Waals surface area contributed by atoms with E-state index in [1.165, 1.54) is 25.7 Å². The van der Waals surface area contributed by atoms with Crippen molar-refractivity contribution >= 4 is 12.1 Å². The Bertz CT molecular complexity index is 527. The van der Waals surface area contributed by atoms with E-state index >= 15 is 0 Å². The summed E-state index contributed by atoms with van der Waals surface area (Å²) in [5.74, 6) is 1.85. The van der Waals surface area contributed by atoms with Crippen LogP contribution in [0.3, 0.4) is 0 Å².